The molecule has 2 N–H and O–H groups in total. The Bertz CT molecular complexity index is 225. The van der Waals surface area contributed by atoms with Gasteiger partial charge in [0.1, 0.15) is 0 Å². The molecule has 0 aromatic rings. The smallest absolute Gasteiger partial charge is 0.222 e. The molecule has 2 fully saturated rings. The molecule has 1 aliphatic heterocycles. The third kappa shape index (κ3) is 4.47. The summed E-state index contributed by atoms with van der Waals surface area (Å²) in [4.78, 5) is 11.3. The molecule has 1 saturated heterocycles. The number of rotatable bonds is 6. The van der Waals surface area contributed by atoms with E-state index in [0.29, 0.717) is 25.7 Å². The van der Waals surface area contributed by atoms with Crippen LogP contribution in [-0.4, -0.2) is 51.0 Å². The second-order valence-corrected chi connectivity index (χ2v) is 4.36. The Morgan fingerprint density at radius 3 is 3.06 bits per heavy atom. The van der Waals surface area contributed by atoms with E-state index in [1.54, 1.807) is 0 Å². The summed E-state index contributed by atoms with van der Waals surface area (Å²) >= 11 is 0. The van der Waals surface area contributed by atoms with E-state index >= 15 is 0 Å². The standard InChI is InChI=1S/C11H20N2O3/c14-11(13-9-1-2-9)3-5-15-8-10-7-12-4-6-16-10/h9-10,12H,1-8H2,(H,13,14). The van der Waals surface area contributed by atoms with Crippen LogP contribution in [0.1, 0.15) is 19.3 Å². The lowest BCUT2D eigenvalue weighted by molar-refractivity contribution is -0.122. The molecular formula is C11H20N2O3. The van der Waals surface area contributed by atoms with Gasteiger partial charge in [-0.2, -0.15) is 0 Å². The molecule has 16 heavy (non-hydrogen) atoms. The number of carbonyl (C=O) groups excluding carboxylic acids is 1. The fraction of sp³-hybridized carbons (Fsp3) is 0.909. The van der Waals surface area contributed by atoms with Gasteiger partial charge in [-0.3, -0.25) is 4.79 Å². The van der Waals surface area contributed by atoms with Crippen LogP contribution in [0.25, 0.3) is 0 Å². The van der Waals surface area contributed by atoms with Gasteiger partial charge in [-0.1, -0.05) is 0 Å². The van der Waals surface area contributed by atoms with E-state index in [2.05, 4.69) is 10.6 Å². The molecule has 0 aromatic carbocycles. The number of amides is 1. The number of morpholine rings is 1. The largest absolute Gasteiger partial charge is 0.378 e. The van der Waals surface area contributed by atoms with E-state index in [1.165, 1.54) is 0 Å². The number of ether oxygens (including phenoxy) is 2. The molecule has 92 valence electrons. The van der Waals surface area contributed by atoms with E-state index in [-0.39, 0.29) is 12.0 Å². The van der Waals surface area contributed by atoms with Gasteiger partial charge < -0.3 is 20.1 Å². The van der Waals surface area contributed by atoms with Crippen LogP contribution in [0.4, 0.5) is 0 Å². The number of nitrogens with one attached hydrogen (secondary N) is 2. The number of hydrogen-bond acceptors (Lipinski definition) is 4. The average molecular weight is 228 g/mol. The zero-order valence-electron chi connectivity index (χ0n) is 9.54. The van der Waals surface area contributed by atoms with Crippen molar-refractivity contribution in [1.82, 2.24) is 10.6 Å². The maximum absolute atomic E-state index is 11.3. The highest BCUT2D eigenvalue weighted by Gasteiger charge is 2.22. The summed E-state index contributed by atoms with van der Waals surface area (Å²) in [5, 5.41) is 6.16. The summed E-state index contributed by atoms with van der Waals surface area (Å²) in [5.74, 6) is 0.102. The van der Waals surface area contributed by atoms with E-state index in [4.69, 9.17) is 9.47 Å². The van der Waals surface area contributed by atoms with Crippen LogP contribution >= 0.6 is 0 Å². The Labute approximate surface area is 95.9 Å². The minimum Gasteiger partial charge on any atom is -0.378 e. The molecule has 0 bridgehead atoms. The van der Waals surface area contributed by atoms with Crippen LogP contribution in [0, 0.1) is 0 Å². The van der Waals surface area contributed by atoms with Crippen LogP contribution in [0.15, 0.2) is 0 Å². The van der Waals surface area contributed by atoms with Gasteiger partial charge in [0.2, 0.25) is 5.91 Å². The van der Waals surface area contributed by atoms with Crippen molar-refractivity contribution in [3.8, 4) is 0 Å². The molecule has 1 saturated carbocycles. The average Bonchev–Trinajstić information content (AvgIpc) is 3.10. The van der Waals surface area contributed by atoms with Crippen LogP contribution < -0.4 is 10.6 Å². The quantitative estimate of drug-likeness (QED) is 0.611. The molecule has 5 nitrogen and oxygen atoms in total. The third-order valence-electron chi connectivity index (χ3n) is 2.72. The lowest BCUT2D eigenvalue weighted by atomic mass is 10.3. The molecule has 1 amide bonds. The van der Waals surface area contributed by atoms with Gasteiger partial charge in [0.25, 0.3) is 0 Å². The van der Waals surface area contributed by atoms with Gasteiger partial charge >= 0.3 is 0 Å². The predicted octanol–water partition coefficient (Wildman–Crippen LogP) is -0.340. The summed E-state index contributed by atoms with van der Waals surface area (Å²) in [6.45, 7) is 3.56. The lowest BCUT2D eigenvalue weighted by Crippen LogP contribution is -2.41. The van der Waals surface area contributed by atoms with Crippen molar-refractivity contribution in [2.75, 3.05) is 32.9 Å². The first-order valence-corrected chi connectivity index (χ1v) is 6.04. The highest BCUT2D eigenvalue weighted by atomic mass is 16.5. The van der Waals surface area contributed by atoms with E-state index in [1.807, 2.05) is 0 Å². The minimum atomic E-state index is 0.102. The van der Waals surface area contributed by atoms with Crippen molar-refractivity contribution in [3.63, 3.8) is 0 Å². The maximum Gasteiger partial charge on any atom is 0.222 e. The van der Waals surface area contributed by atoms with E-state index in [9.17, 15) is 4.79 Å². The topological polar surface area (TPSA) is 59.6 Å². The molecule has 2 rings (SSSR count). The fourth-order valence-electron chi connectivity index (χ4n) is 1.63. The Balaban J connectivity index is 1.45. The molecule has 1 atom stereocenters. The number of hydrogen-bond donors (Lipinski definition) is 2. The van der Waals surface area contributed by atoms with Crippen LogP contribution in [0.5, 0.6) is 0 Å². The summed E-state index contributed by atoms with van der Waals surface area (Å²) in [6, 6.07) is 0.443. The predicted molar refractivity (Wildman–Crippen MR) is 59.2 cm³/mol. The maximum atomic E-state index is 11.3. The van der Waals surface area contributed by atoms with Gasteiger partial charge in [-0.25, -0.2) is 0 Å². The lowest BCUT2D eigenvalue weighted by Gasteiger charge is -2.23. The van der Waals surface area contributed by atoms with Gasteiger partial charge in [0.05, 0.1) is 25.9 Å². The molecule has 0 aromatic heterocycles. The van der Waals surface area contributed by atoms with Gasteiger partial charge in [0.15, 0.2) is 0 Å². The normalized spacial score (nSPS) is 25.4. The third-order valence-corrected chi connectivity index (χ3v) is 2.72. The summed E-state index contributed by atoms with van der Waals surface area (Å²) in [7, 11) is 0. The molecule has 2 aliphatic rings. The van der Waals surface area contributed by atoms with Crippen molar-refractivity contribution in [1.29, 1.82) is 0 Å². The fourth-order valence-corrected chi connectivity index (χ4v) is 1.63. The Morgan fingerprint density at radius 2 is 2.38 bits per heavy atom. The second kappa shape index (κ2) is 6.18. The van der Waals surface area contributed by atoms with Gasteiger partial charge in [-0.05, 0) is 12.8 Å². The molecule has 1 unspecified atom stereocenters. The molecule has 0 radical (unpaired) electrons. The van der Waals surface area contributed by atoms with Gasteiger partial charge in [-0.15, -0.1) is 0 Å². The van der Waals surface area contributed by atoms with Crippen LogP contribution in [0.3, 0.4) is 0 Å². The highest BCUT2D eigenvalue weighted by Crippen LogP contribution is 2.18. The van der Waals surface area contributed by atoms with Crippen molar-refractivity contribution in [3.05, 3.63) is 0 Å². The van der Waals surface area contributed by atoms with Crippen LogP contribution in [-0.2, 0) is 14.3 Å². The first-order chi connectivity index (χ1) is 7.84. The van der Waals surface area contributed by atoms with Crippen molar-refractivity contribution < 1.29 is 14.3 Å². The molecule has 0 spiro atoms. The molecular weight excluding hydrogens is 208 g/mol. The summed E-state index contributed by atoms with van der Waals surface area (Å²) in [6.07, 6.45) is 2.86. The molecule has 1 heterocycles. The summed E-state index contributed by atoms with van der Waals surface area (Å²) in [5.41, 5.74) is 0. The highest BCUT2D eigenvalue weighted by molar-refractivity contribution is 5.76. The SMILES string of the molecule is O=C(CCOCC1CNCCO1)NC1CC1. The first-order valence-electron chi connectivity index (χ1n) is 6.04. The Hall–Kier alpha value is -0.650. The second-order valence-electron chi connectivity index (χ2n) is 4.36. The summed E-state index contributed by atoms with van der Waals surface area (Å²) < 4.78 is 10.9. The van der Waals surface area contributed by atoms with Crippen molar-refractivity contribution >= 4 is 5.91 Å². The van der Waals surface area contributed by atoms with E-state index < -0.39 is 0 Å². The monoisotopic (exact) mass is 228 g/mol. The van der Waals surface area contributed by atoms with Gasteiger partial charge in [0, 0.05) is 25.6 Å². The molecule has 1 aliphatic carbocycles. The molecule has 5 heteroatoms. The minimum absolute atomic E-state index is 0.102. The zero-order chi connectivity index (χ0) is 11.2. The zero-order valence-corrected chi connectivity index (χ0v) is 9.54. The Morgan fingerprint density at radius 1 is 1.50 bits per heavy atom. The van der Waals surface area contributed by atoms with E-state index in [0.717, 1.165) is 32.5 Å². The first kappa shape index (κ1) is 11.8. The van der Waals surface area contributed by atoms with Crippen molar-refractivity contribution in [2.45, 2.75) is 31.4 Å². The van der Waals surface area contributed by atoms with Crippen LogP contribution in [0.2, 0.25) is 0 Å². The van der Waals surface area contributed by atoms with Crippen molar-refractivity contribution in [2.24, 2.45) is 0 Å². The Kier molecular flexibility index (Phi) is 4.56. The number of carbonyl (C=O) groups is 1.